The predicted octanol–water partition coefficient (Wildman–Crippen LogP) is 0.396. The smallest absolute Gasteiger partial charge is 0.133 e. The van der Waals surface area contributed by atoms with Crippen LogP contribution in [-0.4, -0.2) is 53.7 Å². The number of morpholine rings is 1. The van der Waals surface area contributed by atoms with Gasteiger partial charge in [-0.25, -0.2) is 9.97 Å². The summed E-state index contributed by atoms with van der Waals surface area (Å²) in [5, 5.41) is 10.2. The Morgan fingerprint density at radius 3 is 3.25 bits per heavy atom. The average molecular weight is 241 g/mol. The minimum atomic E-state index is -0.00152. The van der Waals surface area contributed by atoms with Crippen LogP contribution in [0, 0.1) is 0 Å². The molecule has 6 heteroatoms. The number of nitrogens with zero attached hydrogens (tertiary/aromatic N) is 3. The second kappa shape index (κ2) is 5.47. The van der Waals surface area contributed by atoms with Crippen LogP contribution in [0.1, 0.15) is 0 Å². The van der Waals surface area contributed by atoms with Crippen LogP contribution in [-0.2, 0) is 4.74 Å². The van der Waals surface area contributed by atoms with E-state index in [1.54, 1.807) is 18.1 Å². The fraction of sp³-hybridized carbons (Fsp3) is 0.600. The van der Waals surface area contributed by atoms with E-state index in [1.165, 1.54) is 0 Å². The average Bonchev–Trinajstić information content (AvgIpc) is 2.38. The van der Waals surface area contributed by atoms with Gasteiger partial charge < -0.3 is 14.7 Å². The number of anilines is 1. The van der Waals surface area contributed by atoms with E-state index in [2.05, 4.69) is 14.9 Å². The lowest BCUT2D eigenvalue weighted by molar-refractivity contribution is 0.0722. The molecule has 1 aliphatic heterocycles. The summed E-state index contributed by atoms with van der Waals surface area (Å²) in [4.78, 5) is 10.5. The van der Waals surface area contributed by atoms with Crippen LogP contribution in [0.5, 0.6) is 0 Å². The van der Waals surface area contributed by atoms with E-state index < -0.39 is 0 Å². The van der Waals surface area contributed by atoms with Crippen LogP contribution < -0.4 is 4.90 Å². The summed E-state index contributed by atoms with van der Waals surface area (Å²) in [6.07, 6.45) is 3.54. The van der Waals surface area contributed by atoms with Gasteiger partial charge in [0.15, 0.2) is 0 Å². The maximum Gasteiger partial charge on any atom is 0.133 e. The molecule has 1 aliphatic rings. The van der Waals surface area contributed by atoms with Gasteiger partial charge in [0, 0.05) is 12.6 Å². The summed E-state index contributed by atoms with van der Waals surface area (Å²) in [6.45, 7) is 2.07. The number of aliphatic hydroxyl groups excluding tert-OH is 1. The van der Waals surface area contributed by atoms with Gasteiger partial charge in [-0.15, -0.1) is 11.8 Å². The van der Waals surface area contributed by atoms with Gasteiger partial charge >= 0.3 is 0 Å². The molecule has 0 aliphatic carbocycles. The molecular weight excluding hydrogens is 226 g/mol. The first kappa shape index (κ1) is 11.6. The lowest BCUT2D eigenvalue weighted by atomic mass is 10.2. The summed E-state index contributed by atoms with van der Waals surface area (Å²) < 4.78 is 5.33. The van der Waals surface area contributed by atoms with Crippen molar-refractivity contribution in [2.24, 2.45) is 0 Å². The Morgan fingerprint density at radius 1 is 1.62 bits per heavy atom. The molecule has 1 saturated heterocycles. The van der Waals surface area contributed by atoms with Crippen molar-refractivity contribution in [2.75, 3.05) is 37.5 Å². The van der Waals surface area contributed by atoms with Gasteiger partial charge in [-0.3, -0.25) is 0 Å². The van der Waals surface area contributed by atoms with Crippen molar-refractivity contribution in [2.45, 2.75) is 11.1 Å². The van der Waals surface area contributed by atoms with Gasteiger partial charge in [-0.2, -0.15) is 0 Å². The normalized spacial score (nSPS) is 21.1. The number of aromatic nitrogens is 2. The molecule has 2 rings (SSSR count). The molecule has 88 valence electrons. The molecule has 2 heterocycles. The lowest BCUT2D eigenvalue weighted by Crippen LogP contribution is -2.48. The molecule has 0 radical (unpaired) electrons. The first-order valence-electron chi connectivity index (χ1n) is 5.16. The molecule has 1 atom stereocenters. The second-order valence-electron chi connectivity index (χ2n) is 3.52. The molecule has 1 aromatic rings. The van der Waals surface area contributed by atoms with E-state index in [4.69, 9.17) is 4.74 Å². The minimum Gasteiger partial charge on any atom is -0.394 e. The Balaban J connectivity index is 2.20. The highest BCUT2D eigenvalue weighted by molar-refractivity contribution is 7.98. The van der Waals surface area contributed by atoms with Gasteiger partial charge in [-0.05, 0) is 6.26 Å². The molecule has 0 aromatic carbocycles. The Labute approximate surface area is 98.8 Å². The number of ether oxygens (including phenoxy) is 1. The first-order chi connectivity index (χ1) is 7.85. The standard InChI is InChI=1S/C10H15N3O2S/c1-16-10-4-9(11-7-12-10)13-2-3-15-6-8(13)5-14/h4,7-8,14H,2-3,5-6H2,1H3. The molecule has 1 unspecified atom stereocenters. The van der Waals surface area contributed by atoms with E-state index >= 15 is 0 Å². The van der Waals surface area contributed by atoms with Gasteiger partial charge in [0.05, 0.1) is 25.9 Å². The van der Waals surface area contributed by atoms with Gasteiger partial charge in [0.25, 0.3) is 0 Å². The topological polar surface area (TPSA) is 58.5 Å². The zero-order chi connectivity index (χ0) is 11.4. The van der Waals surface area contributed by atoms with Crippen LogP contribution >= 0.6 is 11.8 Å². The minimum absolute atomic E-state index is 0.00152. The summed E-state index contributed by atoms with van der Waals surface area (Å²) in [5.41, 5.74) is 0. The monoisotopic (exact) mass is 241 g/mol. The number of thioether (sulfide) groups is 1. The van der Waals surface area contributed by atoms with Crippen LogP contribution in [0.3, 0.4) is 0 Å². The zero-order valence-corrected chi connectivity index (χ0v) is 9.98. The first-order valence-corrected chi connectivity index (χ1v) is 6.39. The van der Waals surface area contributed by atoms with Crippen LogP contribution in [0.25, 0.3) is 0 Å². The Morgan fingerprint density at radius 2 is 2.50 bits per heavy atom. The second-order valence-corrected chi connectivity index (χ2v) is 4.35. The number of hydrogen-bond acceptors (Lipinski definition) is 6. The maximum atomic E-state index is 9.28. The fourth-order valence-corrected chi connectivity index (χ4v) is 2.08. The highest BCUT2D eigenvalue weighted by atomic mass is 32.2. The largest absolute Gasteiger partial charge is 0.394 e. The van der Waals surface area contributed by atoms with Crippen molar-refractivity contribution in [3.63, 3.8) is 0 Å². The molecule has 0 saturated carbocycles. The van der Waals surface area contributed by atoms with Crippen molar-refractivity contribution in [1.29, 1.82) is 0 Å². The van der Waals surface area contributed by atoms with Crippen molar-refractivity contribution in [1.82, 2.24) is 9.97 Å². The van der Waals surface area contributed by atoms with E-state index in [1.807, 2.05) is 12.3 Å². The zero-order valence-electron chi connectivity index (χ0n) is 9.17. The van der Waals surface area contributed by atoms with Crippen LogP contribution in [0.2, 0.25) is 0 Å². The Hall–Kier alpha value is -0.850. The number of aliphatic hydroxyl groups is 1. The lowest BCUT2D eigenvalue weighted by Gasteiger charge is -2.35. The molecule has 0 amide bonds. The van der Waals surface area contributed by atoms with E-state index in [9.17, 15) is 5.11 Å². The summed E-state index contributed by atoms with van der Waals surface area (Å²) in [6, 6.07) is 1.94. The summed E-state index contributed by atoms with van der Waals surface area (Å²) in [5.74, 6) is 0.863. The maximum absolute atomic E-state index is 9.28. The Kier molecular flexibility index (Phi) is 3.98. The van der Waals surface area contributed by atoms with E-state index in [0.29, 0.717) is 13.2 Å². The highest BCUT2D eigenvalue weighted by Gasteiger charge is 2.23. The Bertz CT molecular complexity index is 351. The highest BCUT2D eigenvalue weighted by Crippen LogP contribution is 2.20. The quantitative estimate of drug-likeness (QED) is 0.610. The van der Waals surface area contributed by atoms with E-state index in [-0.39, 0.29) is 12.6 Å². The third-order valence-electron chi connectivity index (χ3n) is 2.57. The molecule has 1 aromatic heterocycles. The fourth-order valence-electron chi connectivity index (χ4n) is 1.71. The summed E-state index contributed by atoms with van der Waals surface area (Å²) in [7, 11) is 0. The molecule has 0 bridgehead atoms. The van der Waals surface area contributed by atoms with Crippen molar-refractivity contribution >= 4 is 17.6 Å². The number of hydrogen-bond donors (Lipinski definition) is 1. The molecule has 1 N–H and O–H groups in total. The van der Waals surface area contributed by atoms with Crippen LogP contribution in [0.4, 0.5) is 5.82 Å². The summed E-state index contributed by atoms with van der Waals surface area (Å²) >= 11 is 1.58. The van der Waals surface area contributed by atoms with Gasteiger partial charge in [-0.1, -0.05) is 0 Å². The van der Waals surface area contributed by atoms with Crippen molar-refractivity contribution in [3.8, 4) is 0 Å². The number of rotatable bonds is 3. The molecular formula is C10H15N3O2S. The van der Waals surface area contributed by atoms with Gasteiger partial charge in [0.1, 0.15) is 17.2 Å². The third-order valence-corrected chi connectivity index (χ3v) is 3.21. The third kappa shape index (κ3) is 2.45. The predicted molar refractivity (Wildman–Crippen MR) is 62.9 cm³/mol. The van der Waals surface area contributed by atoms with Crippen molar-refractivity contribution < 1.29 is 9.84 Å². The SMILES string of the molecule is CSc1cc(N2CCOCC2CO)ncn1. The van der Waals surface area contributed by atoms with Crippen LogP contribution in [0.15, 0.2) is 17.4 Å². The van der Waals surface area contributed by atoms with E-state index in [0.717, 1.165) is 17.4 Å². The van der Waals surface area contributed by atoms with Crippen molar-refractivity contribution in [3.05, 3.63) is 12.4 Å². The molecule has 1 fully saturated rings. The van der Waals surface area contributed by atoms with Gasteiger partial charge in [0.2, 0.25) is 0 Å². The molecule has 0 spiro atoms. The molecule has 5 nitrogen and oxygen atoms in total. The molecule has 16 heavy (non-hydrogen) atoms.